The number of allylic oxidation sites excluding steroid dienone is 1. The first-order chi connectivity index (χ1) is 11.3. The van der Waals surface area contributed by atoms with E-state index >= 15 is 0 Å². The average molecular weight is 310 g/mol. The van der Waals surface area contributed by atoms with E-state index in [2.05, 4.69) is 23.9 Å². The van der Waals surface area contributed by atoms with Gasteiger partial charge >= 0.3 is 0 Å². The van der Waals surface area contributed by atoms with Gasteiger partial charge in [0, 0.05) is 0 Å². The Balaban J connectivity index is 1.87. The molecule has 2 aromatic carbocycles. The van der Waals surface area contributed by atoms with Crippen molar-refractivity contribution >= 4 is 11.6 Å². The minimum Gasteiger partial charge on any atom is -0.484 e. The number of carbonyl (C=O) groups excluding carboxylic acids is 1. The second-order valence-corrected chi connectivity index (χ2v) is 5.05. The monoisotopic (exact) mass is 310 g/mol. The van der Waals surface area contributed by atoms with Crippen molar-refractivity contribution in [2.24, 2.45) is 0 Å². The zero-order valence-corrected chi connectivity index (χ0v) is 13.3. The number of benzene rings is 2. The fourth-order valence-corrected chi connectivity index (χ4v) is 1.99. The normalized spacial score (nSPS) is 10.9. The van der Waals surface area contributed by atoms with E-state index in [1.54, 1.807) is 0 Å². The lowest BCUT2D eigenvalue weighted by atomic mass is 10.1. The van der Waals surface area contributed by atoms with Gasteiger partial charge in [0.05, 0.1) is 5.70 Å². The smallest absolute Gasteiger partial charge is 0.276 e. The van der Waals surface area contributed by atoms with Gasteiger partial charge in [0.1, 0.15) is 5.75 Å². The van der Waals surface area contributed by atoms with Crippen molar-refractivity contribution in [1.82, 2.24) is 10.9 Å². The number of hydrogen-bond acceptors (Lipinski definition) is 3. The zero-order valence-electron chi connectivity index (χ0n) is 13.3. The van der Waals surface area contributed by atoms with Crippen LogP contribution < -0.4 is 15.6 Å². The molecule has 0 aliphatic heterocycles. The van der Waals surface area contributed by atoms with E-state index in [9.17, 15) is 4.79 Å². The molecule has 1 amide bonds. The minimum absolute atomic E-state index is 0.0349. The number of hydrazine groups is 1. The summed E-state index contributed by atoms with van der Waals surface area (Å²) in [7, 11) is 0. The average Bonchev–Trinajstić information content (AvgIpc) is 2.61. The summed E-state index contributed by atoms with van der Waals surface area (Å²) in [6, 6.07) is 19.2. The highest BCUT2D eigenvalue weighted by molar-refractivity contribution is 5.78. The van der Waals surface area contributed by atoms with Crippen LogP contribution in [-0.4, -0.2) is 12.5 Å². The number of amides is 1. The number of nitrogens with one attached hydrogen (secondary N) is 2. The van der Waals surface area contributed by atoms with E-state index in [-0.39, 0.29) is 12.5 Å². The van der Waals surface area contributed by atoms with Gasteiger partial charge in [0.25, 0.3) is 5.91 Å². The van der Waals surface area contributed by atoms with E-state index in [1.165, 1.54) is 0 Å². The Labute approximate surface area is 137 Å². The Morgan fingerprint density at radius 1 is 1.00 bits per heavy atom. The number of carbonyl (C=O) groups is 1. The van der Waals surface area contributed by atoms with Gasteiger partial charge in [-0.2, -0.15) is 0 Å². The predicted molar refractivity (Wildman–Crippen MR) is 92.5 cm³/mol. The summed E-state index contributed by atoms with van der Waals surface area (Å²) in [5, 5.41) is 0. The molecule has 0 aliphatic rings. The molecule has 0 aliphatic carbocycles. The third-order valence-corrected chi connectivity index (χ3v) is 3.17. The lowest BCUT2D eigenvalue weighted by molar-refractivity contribution is -0.123. The number of rotatable bonds is 8. The van der Waals surface area contributed by atoms with Crippen molar-refractivity contribution < 1.29 is 9.53 Å². The Kier molecular flexibility index (Phi) is 6.72. The van der Waals surface area contributed by atoms with Crippen LogP contribution in [0.15, 0.2) is 66.7 Å². The van der Waals surface area contributed by atoms with Crippen LogP contribution in [0.5, 0.6) is 5.75 Å². The highest BCUT2D eigenvalue weighted by Crippen LogP contribution is 2.11. The first kappa shape index (κ1) is 16.6. The molecule has 23 heavy (non-hydrogen) atoms. The summed E-state index contributed by atoms with van der Waals surface area (Å²) in [6.07, 6.45) is 4.06. The van der Waals surface area contributed by atoms with Crippen LogP contribution in [0, 0.1) is 0 Å². The molecule has 0 unspecified atom stereocenters. The Morgan fingerprint density at radius 3 is 2.30 bits per heavy atom. The highest BCUT2D eigenvalue weighted by Gasteiger charge is 2.05. The molecular weight excluding hydrogens is 288 g/mol. The summed E-state index contributed by atoms with van der Waals surface area (Å²) < 4.78 is 5.42. The predicted octanol–water partition coefficient (Wildman–Crippen LogP) is 3.53. The van der Waals surface area contributed by atoms with Gasteiger partial charge in [0.2, 0.25) is 0 Å². The van der Waals surface area contributed by atoms with Gasteiger partial charge in [0.15, 0.2) is 6.61 Å². The molecule has 0 spiro atoms. The molecule has 4 heteroatoms. The van der Waals surface area contributed by atoms with Crippen molar-refractivity contribution in [3.05, 3.63) is 72.3 Å². The molecule has 0 fully saturated rings. The summed E-state index contributed by atoms with van der Waals surface area (Å²) in [6.45, 7) is 2.08. The molecular formula is C19H22N2O2. The third-order valence-electron chi connectivity index (χ3n) is 3.17. The topological polar surface area (TPSA) is 50.4 Å². The number of ether oxygens (including phenoxy) is 1. The number of para-hydroxylation sites is 1. The maximum Gasteiger partial charge on any atom is 0.276 e. The SMILES string of the molecule is CCCC=C(NNC(=O)COc1ccccc1)c1ccccc1. The third kappa shape index (κ3) is 5.87. The van der Waals surface area contributed by atoms with Crippen LogP contribution in [0.3, 0.4) is 0 Å². The maximum absolute atomic E-state index is 11.9. The Morgan fingerprint density at radius 2 is 1.65 bits per heavy atom. The summed E-state index contributed by atoms with van der Waals surface area (Å²) in [4.78, 5) is 11.9. The Hall–Kier alpha value is -2.75. The van der Waals surface area contributed by atoms with E-state index in [0.717, 1.165) is 24.1 Å². The first-order valence-electron chi connectivity index (χ1n) is 7.78. The molecule has 120 valence electrons. The molecule has 4 nitrogen and oxygen atoms in total. The lowest BCUT2D eigenvalue weighted by Gasteiger charge is -2.13. The minimum atomic E-state index is -0.229. The number of hydrogen-bond donors (Lipinski definition) is 2. The van der Waals surface area contributed by atoms with Crippen LogP contribution in [0.25, 0.3) is 5.70 Å². The van der Waals surface area contributed by atoms with E-state index in [4.69, 9.17) is 4.74 Å². The van der Waals surface area contributed by atoms with Crippen molar-refractivity contribution in [3.8, 4) is 5.75 Å². The molecule has 0 aromatic heterocycles. The lowest BCUT2D eigenvalue weighted by Crippen LogP contribution is -2.39. The van der Waals surface area contributed by atoms with Crippen molar-refractivity contribution in [2.45, 2.75) is 19.8 Å². The molecule has 0 atom stereocenters. The van der Waals surface area contributed by atoms with Crippen LogP contribution in [0.2, 0.25) is 0 Å². The fraction of sp³-hybridized carbons (Fsp3) is 0.211. The molecule has 2 N–H and O–H groups in total. The Bertz CT molecular complexity index is 624. The molecule has 0 saturated carbocycles. The molecule has 0 radical (unpaired) electrons. The van der Waals surface area contributed by atoms with Crippen LogP contribution in [-0.2, 0) is 4.79 Å². The summed E-state index contributed by atoms with van der Waals surface area (Å²) in [5.41, 5.74) is 7.59. The van der Waals surface area contributed by atoms with Gasteiger partial charge < -0.3 is 4.74 Å². The van der Waals surface area contributed by atoms with E-state index in [1.807, 2.05) is 60.7 Å². The second kappa shape index (κ2) is 9.30. The number of unbranched alkanes of at least 4 members (excludes halogenated alkanes) is 1. The molecule has 2 rings (SSSR count). The summed E-state index contributed by atoms with van der Waals surface area (Å²) in [5.74, 6) is 0.444. The maximum atomic E-state index is 11.9. The fourth-order valence-electron chi connectivity index (χ4n) is 1.99. The van der Waals surface area contributed by atoms with Crippen LogP contribution in [0.1, 0.15) is 25.3 Å². The van der Waals surface area contributed by atoms with E-state index < -0.39 is 0 Å². The van der Waals surface area contributed by atoms with Gasteiger partial charge in [-0.1, -0.05) is 68.0 Å². The van der Waals surface area contributed by atoms with Gasteiger partial charge in [-0.05, 0) is 24.1 Å². The standard InChI is InChI=1S/C19H22N2O2/c1-2-3-14-18(16-10-6-4-7-11-16)20-21-19(22)15-23-17-12-8-5-9-13-17/h4-14,20H,2-3,15H2,1H3,(H,21,22). The second-order valence-electron chi connectivity index (χ2n) is 5.05. The van der Waals surface area contributed by atoms with Crippen molar-refractivity contribution in [2.75, 3.05) is 6.61 Å². The first-order valence-corrected chi connectivity index (χ1v) is 7.78. The molecule has 0 heterocycles. The largest absolute Gasteiger partial charge is 0.484 e. The molecule has 0 bridgehead atoms. The molecule has 0 saturated heterocycles. The van der Waals surface area contributed by atoms with Gasteiger partial charge in [-0.3, -0.25) is 15.6 Å². The van der Waals surface area contributed by atoms with Crippen LogP contribution in [0.4, 0.5) is 0 Å². The van der Waals surface area contributed by atoms with Crippen LogP contribution >= 0.6 is 0 Å². The van der Waals surface area contributed by atoms with E-state index in [0.29, 0.717) is 5.75 Å². The van der Waals surface area contributed by atoms with Gasteiger partial charge in [-0.25, -0.2) is 0 Å². The quantitative estimate of drug-likeness (QED) is 0.733. The molecule has 2 aromatic rings. The highest BCUT2D eigenvalue weighted by atomic mass is 16.5. The van der Waals surface area contributed by atoms with Gasteiger partial charge in [-0.15, -0.1) is 0 Å². The summed E-state index contributed by atoms with van der Waals surface area (Å²) >= 11 is 0. The van der Waals surface area contributed by atoms with Crippen molar-refractivity contribution in [3.63, 3.8) is 0 Å². The zero-order chi connectivity index (χ0) is 16.3. The van der Waals surface area contributed by atoms with Crippen molar-refractivity contribution in [1.29, 1.82) is 0 Å².